The SMILES string of the molecule is CCC(O)(CS)c1ccccc1. The van der Waals surface area contributed by atoms with Crippen molar-refractivity contribution in [3.8, 4) is 0 Å². The van der Waals surface area contributed by atoms with Crippen molar-refractivity contribution in [1.82, 2.24) is 0 Å². The smallest absolute Gasteiger partial charge is 0.0981 e. The van der Waals surface area contributed by atoms with Crippen LogP contribution in [0.1, 0.15) is 18.9 Å². The Balaban J connectivity index is 2.95. The first-order valence-corrected chi connectivity index (χ1v) is 4.75. The summed E-state index contributed by atoms with van der Waals surface area (Å²) in [4.78, 5) is 0. The molecule has 0 spiro atoms. The molecule has 0 aliphatic heterocycles. The van der Waals surface area contributed by atoms with Gasteiger partial charge in [-0.2, -0.15) is 12.6 Å². The summed E-state index contributed by atoms with van der Waals surface area (Å²) >= 11 is 4.14. The van der Waals surface area contributed by atoms with Crippen LogP contribution in [0.4, 0.5) is 0 Å². The van der Waals surface area contributed by atoms with E-state index in [1.807, 2.05) is 37.3 Å². The van der Waals surface area contributed by atoms with Crippen molar-refractivity contribution in [3.05, 3.63) is 35.9 Å². The van der Waals surface area contributed by atoms with Crippen LogP contribution in [0.2, 0.25) is 0 Å². The Bertz CT molecular complexity index is 229. The topological polar surface area (TPSA) is 20.2 Å². The third-order valence-corrected chi connectivity index (χ3v) is 2.68. The van der Waals surface area contributed by atoms with E-state index >= 15 is 0 Å². The van der Waals surface area contributed by atoms with E-state index in [9.17, 15) is 5.11 Å². The Hall–Kier alpha value is -0.470. The average molecular weight is 182 g/mol. The predicted octanol–water partition coefficient (Wildman–Crippen LogP) is 2.21. The van der Waals surface area contributed by atoms with E-state index in [2.05, 4.69) is 12.6 Å². The fourth-order valence-corrected chi connectivity index (χ4v) is 1.56. The summed E-state index contributed by atoms with van der Waals surface area (Å²) < 4.78 is 0. The van der Waals surface area contributed by atoms with Crippen molar-refractivity contribution in [3.63, 3.8) is 0 Å². The Morgan fingerprint density at radius 3 is 2.33 bits per heavy atom. The fourth-order valence-electron chi connectivity index (χ4n) is 1.16. The molecule has 12 heavy (non-hydrogen) atoms. The van der Waals surface area contributed by atoms with Crippen molar-refractivity contribution in [2.45, 2.75) is 18.9 Å². The lowest BCUT2D eigenvalue weighted by Crippen LogP contribution is -2.26. The van der Waals surface area contributed by atoms with Crippen LogP contribution in [0.25, 0.3) is 0 Å². The van der Waals surface area contributed by atoms with Gasteiger partial charge in [0.05, 0.1) is 5.60 Å². The minimum atomic E-state index is -0.760. The van der Waals surface area contributed by atoms with Gasteiger partial charge in [0.1, 0.15) is 0 Å². The Morgan fingerprint density at radius 1 is 1.33 bits per heavy atom. The second-order valence-electron chi connectivity index (χ2n) is 2.91. The van der Waals surface area contributed by atoms with E-state index in [0.29, 0.717) is 12.2 Å². The molecule has 0 fully saturated rings. The van der Waals surface area contributed by atoms with E-state index in [1.54, 1.807) is 0 Å². The first kappa shape index (κ1) is 9.62. The highest BCUT2D eigenvalue weighted by Gasteiger charge is 2.24. The van der Waals surface area contributed by atoms with Crippen molar-refractivity contribution < 1.29 is 5.11 Å². The van der Waals surface area contributed by atoms with Gasteiger partial charge in [-0.3, -0.25) is 0 Å². The van der Waals surface area contributed by atoms with Crippen molar-refractivity contribution in [1.29, 1.82) is 0 Å². The number of benzene rings is 1. The zero-order valence-corrected chi connectivity index (χ0v) is 8.09. The zero-order valence-electron chi connectivity index (χ0n) is 7.20. The minimum Gasteiger partial charge on any atom is -0.384 e. The lowest BCUT2D eigenvalue weighted by Gasteiger charge is -2.24. The molecule has 1 atom stereocenters. The quantitative estimate of drug-likeness (QED) is 0.687. The van der Waals surface area contributed by atoms with Crippen molar-refractivity contribution in [2.75, 3.05) is 5.75 Å². The lowest BCUT2D eigenvalue weighted by atomic mass is 9.93. The molecule has 0 bridgehead atoms. The highest BCUT2D eigenvalue weighted by Crippen LogP contribution is 2.25. The summed E-state index contributed by atoms with van der Waals surface area (Å²) in [5.41, 5.74) is 0.187. The first-order valence-electron chi connectivity index (χ1n) is 4.11. The molecule has 1 nitrogen and oxygen atoms in total. The van der Waals surface area contributed by atoms with Gasteiger partial charge in [0, 0.05) is 5.75 Å². The largest absolute Gasteiger partial charge is 0.384 e. The van der Waals surface area contributed by atoms with Crippen LogP contribution < -0.4 is 0 Å². The molecule has 1 aromatic carbocycles. The van der Waals surface area contributed by atoms with Crippen LogP contribution in [0.3, 0.4) is 0 Å². The van der Waals surface area contributed by atoms with Gasteiger partial charge in [0.2, 0.25) is 0 Å². The third kappa shape index (κ3) is 1.82. The number of hydrogen-bond acceptors (Lipinski definition) is 2. The molecule has 0 aliphatic carbocycles. The molecular formula is C10H14OS. The molecule has 66 valence electrons. The van der Waals surface area contributed by atoms with Gasteiger partial charge in [0.15, 0.2) is 0 Å². The molecule has 1 N–H and O–H groups in total. The van der Waals surface area contributed by atoms with E-state index in [4.69, 9.17) is 0 Å². The predicted molar refractivity (Wildman–Crippen MR) is 54.5 cm³/mol. The molecule has 0 saturated heterocycles. The zero-order chi connectivity index (χ0) is 9.03. The van der Waals surface area contributed by atoms with Crippen LogP contribution >= 0.6 is 12.6 Å². The molecule has 1 unspecified atom stereocenters. The molecule has 2 heteroatoms. The second-order valence-corrected chi connectivity index (χ2v) is 3.23. The molecule has 1 aromatic rings. The maximum absolute atomic E-state index is 10.0. The number of thiol groups is 1. The van der Waals surface area contributed by atoms with E-state index in [1.165, 1.54) is 0 Å². The fraction of sp³-hybridized carbons (Fsp3) is 0.400. The van der Waals surface area contributed by atoms with Crippen LogP contribution in [0, 0.1) is 0 Å². The number of hydrogen-bond donors (Lipinski definition) is 2. The van der Waals surface area contributed by atoms with Gasteiger partial charge in [-0.1, -0.05) is 37.3 Å². The summed E-state index contributed by atoms with van der Waals surface area (Å²) in [7, 11) is 0. The molecule has 1 rings (SSSR count). The number of aliphatic hydroxyl groups is 1. The normalized spacial score (nSPS) is 15.6. The average Bonchev–Trinajstić information content (AvgIpc) is 2.18. The first-order chi connectivity index (χ1) is 5.73. The van der Waals surface area contributed by atoms with Crippen molar-refractivity contribution in [2.24, 2.45) is 0 Å². The molecule has 0 aliphatic rings. The van der Waals surface area contributed by atoms with Crippen molar-refractivity contribution >= 4 is 12.6 Å². The lowest BCUT2D eigenvalue weighted by molar-refractivity contribution is 0.0588. The standard InChI is InChI=1S/C10H14OS/c1-2-10(11,8-12)9-6-4-3-5-7-9/h3-7,11-12H,2,8H2,1H3. The van der Waals surface area contributed by atoms with Crippen LogP contribution in [0.5, 0.6) is 0 Å². The summed E-state index contributed by atoms with van der Waals surface area (Å²) in [6.45, 7) is 1.96. The third-order valence-electron chi connectivity index (χ3n) is 2.16. The molecular weight excluding hydrogens is 168 g/mol. The highest BCUT2D eigenvalue weighted by atomic mass is 32.1. The molecule has 0 amide bonds. The molecule has 0 aromatic heterocycles. The summed E-state index contributed by atoms with van der Waals surface area (Å²) in [6.07, 6.45) is 0.695. The summed E-state index contributed by atoms with van der Waals surface area (Å²) in [5, 5.41) is 10.0. The van der Waals surface area contributed by atoms with Gasteiger partial charge in [-0.15, -0.1) is 0 Å². The van der Waals surface area contributed by atoms with Gasteiger partial charge in [-0.25, -0.2) is 0 Å². The molecule has 0 radical (unpaired) electrons. The van der Waals surface area contributed by atoms with Crippen LogP contribution in [-0.2, 0) is 5.60 Å². The van der Waals surface area contributed by atoms with Gasteiger partial charge < -0.3 is 5.11 Å². The van der Waals surface area contributed by atoms with Crippen LogP contribution in [0.15, 0.2) is 30.3 Å². The van der Waals surface area contributed by atoms with E-state index < -0.39 is 5.60 Å². The molecule has 0 saturated carbocycles. The summed E-state index contributed by atoms with van der Waals surface area (Å²) in [5.74, 6) is 0.466. The highest BCUT2D eigenvalue weighted by molar-refractivity contribution is 7.80. The van der Waals surface area contributed by atoms with Gasteiger partial charge in [0.25, 0.3) is 0 Å². The Kier molecular flexibility index (Phi) is 3.18. The minimum absolute atomic E-state index is 0.466. The Morgan fingerprint density at radius 2 is 1.92 bits per heavy atom. The van der Waals surface area contributed by atoms with Crippen LogP contribution in [-0.4, -0.2) is 10.9 Å². The maximum Gasteiger partial charge on any atom is 0.0981 e. The van der Waals surface area contributed by atoms with Gasteiger partial charge in [-0.05, 0) is 12.0 Å². The van der Waals surface area contributed by atoms with E-state index in [0.717, 1.165) is 5.56 Å². The monoisotopic (exact) mass is 182 g/mol. The van der Waals surface area contributed by atoms with Gasteiger partial charge >= 0.3 is 0 Å². The summed E-state index contributed by atoms with van der Waals surface area (Å²) in [6, 6.07) is 9.66. The molecule has 0 heterocycles. The maximum atomic E-state index is 10.0. The number of rotatable bonds is 3. The van der Waals surface area contributed by atoms with E-state index in [-0.39, 0.29) is 0 Å². The second kappa shape index (κ2) is 3.97. The Labute approximate surface area is 78.8 Å².